The van der Waals surface area contributed by atoms with Gasteiger partial charge >= 0.3 is 0 Å². The summed E-state index contributed by atoms with van der Waals surface area (Å²) in [5, 5.41) is 48.2. The highest BCUT2D eigenvalue weighted by Gasteiger charge is 2.40. The Morgan fingerprint density at radius 2 is 1.56 bits per heavy atom. The van der Waals surface area contributed by atoms with Gasteiger partial charge in [-0.05, 0) is 0 Å². The number of nitrogens with one attached hydrogen (secondary N) is 1. The minimum Gasteiger partial charge on any atom is -0.504 e. The number of aromatic hydroxyl groups is 4. The number of carbonyl (C=O) groups is 2. The predicted molar refractivity (Wildman–Crippen MR) is 55.2 cm³/mol. The first-order valence-electron chi connectivity index (χ1n) is 4.64. The number of hydrogen-bond donors (Lipinski definition) is 5. The standard InChI is InChI=1S/C10H6N2O6/c11-1-2-5(13)3-4(12-10(2)18)7(15)9(17)8(16)6(3)14/h2,14-17H,(H,12,18). The highest BCUT2D eigenvalue weighted by atomic mass is 16.3. The van der Waals surface area contributed by atoms with E-state index in [1.165, 1.54) is 6.07 Å². The molecule has 18 heavy (non-hydrogen) atoms. The number of rotatable bonds is 0. The van der Waals surface area contributed by atoms with Crippen LogP contribution in [0.2, 0.25) is 0 Å². The normalized spacial score (nSPS) is 17.8. The fraction of sp³-hybridized carbons (Fsp3) is 0.100. The summed E-state index contributed by atoms with van der Waals surface area (Å²) in [6, 6.07) is 1.43. The number of nitriles is 1. The van der Waals surface area contributed by atoms with Gasteiger partial charge in [-0.15, -0.1) is 0 Å². The molecule has 92 valence electrons. The van der Waals surface area contributed by atoms with Crippen LogP contribution in [0.4, 0.5) is 5.69 Å². The second-order valence-corrected chi connectivity index (χ2v) is 3.56. The second-order valence-electron chi connectivity index (χ2n) is 3.56. The summed E-state index contributed by atoms with van der Waals surface area (Å²) < 4.78 is 0. The van der Waals surface area contributed by atoms with Gasteiger partial charge in [-0.2, -0.15) is 5.26 Å². The molecule has 0 aliphatic carbocycles. The van der Waals surface area contributed by atoms with E-state index in [0.717, 1.165) is 0 Å². The molecular weight excluding hydrogens is 244 g/mol. The minimum absolute atomic E-state index is 0.538. The molecular formula is C10H6N2O6. The third-order valence-electron chi connectivity index (χ3n) is 2.54. The maximum Gasteiger partial charge on any atom is 0.249 e. The van der Waals surface area contributed by atoms with Crippen LogP contribution in [0.5, 0.6) is 23.0 Å². The molecule has 0 radical (unpaired) electrons. The zero-order valence-corrected chi connectivity index (χ0v) is 8.63. The largest absolute Gasteiger partial charge is 0.504 e. The van der Waals surface area contributed by atoms with Gasteiger partial charge in [-0.3, -0.25) is 9.59 Å². The van der Waals surface area contributed by atoms with Gasteiger partial charge in [0.1, 0.15) is 5.69 Å². The van der Waals surface area contributed by atoms with Crippen LogP contribution in [0, 0.1) is 17.2 Å². The van der Waals surface area contributed by atoms with Crippen molar-refractivity contribution >= 4 is 17.4 Å². The number of hydrogen-bond acceptors (Lipinski definition) is 7. The summed E-state index contributed by atoms with van der Waals surface area (Å²) in [6.45, 7) is 0. The molecule has 0 saturated carbocycles. The SMILES string of the molecule is N#CC1C(=O)Nc2c(O)c(O)c(O)c(O)c2C1=O. The molecule has 8 nitrogen and oxygen atoms in total. The maximum absolute atomic E-state index is 11.7. The van der Waals surface area contributed by atoms with Crippen LogP contribution in [-0.2, 0) is 4.79 Å². The average Bonchev–Trinajstić information content (AvgIpc) is 2.33. The summed E-state index contributed by atoms with van der Waals surface area (Å²) in [7, 11) is 0. The number of nitrogens with zero attached hydrogens (tertiary/aromatic N) is 1. The molecule has 5 N–H and O–H groups in total. The molecule has 0 aromatic heterocycles. The highest BCUT2D eigenvalue weighted by Crippen LogP contribution is 2.51. The zero-order valence-electron chi connectivity index (χ0n) is 8.63. The third kappa shape index (κ3) is 1.24. The van der Waals surface area contributed by atoms with E-state index in [-0.39, 0.29) is 0 Å². The fourth-order valence-electron chi connectivity index (χ4n) is 1.64. The van der Waals surface area contributed by atoms with E-state index < -0.39 is 51.9 Å². The summed E-state index contributed by atoms with van der Waals surface area (Å²) >= 11 is 0. The van der Waals surface area contributed by atoms with Gasteiger partial charge in [0, 0.05) is 0 Å². The molecule has 0 saturated heterocycles. The number of benzene rings is 1. The van der Waals surface area contributed by atoms with Gasteiger partial charge in [0.05, 0.1) is 11.6 Å². The van der Waals surface area contributed by atoms with Crippen LogP contribution in [0.25, 0.3) is 0 Å². The molecule has 0 bridgehead atoms. The molecule has 1 heterocycles. The van der Waals surface area contributed by atoms with Crippen LogP contribution in [0.1, 0.15) is 10.4 Å². The van der Waals surface area contributed by atoms with Crippen molar-refractivity contribution in [3.63, 3.8) is 0 Å². The molecule has 8 heteroatoms. The molecule has 1 unspecified atom stereocenters. The van der Waals surface area contributed by atoms with Crippen LogP contribution in [-0.4, -0.2) is 32.1 Å². The number of carbonyl (C=O) groups excluding carboxylic acids is 2. The fourth-order valence-corrected chi connectivity index (χ4v) is 1.64. The lowest BCUT2D eigenvalue weighted by molar-refractivity contribution is -0.117. The van der Waals surface area contributed by atoms with Gasteiger partial charge < -0.3 is 25.7 Å². The van der Waals surface area contributed by atoms with Gasteiger partial charge in [0.15, 0.2) is 23.2 Å². The first kappa shape index (κ1) is 11.5. The van der Waals surface area contributed by atoms with Crippen LogP contribution < -0.4 is 5.32 Å². The number of Topliss-reactive ketones (excluding diaryl/α,β-unsaturated/α-hetero) is 1. The smallest absolute Gasteiger partial charge is 0.249 e. The van der Waals surface area contributed by atoms with Gasteiger partial charge in [-0.25, -0.2) is 0 Å². The first-order chi connectivity index (χ1) is 8.40. The van der Waals surface area contributed by atoms with Gasteiger partial charge in [-0.1, -0.05) is 0 Å². The quantitative estimate of drug-likeness (QED) is 0.242. The molecule has 0 fully saturated rings. The molecule has 0 spiro atoms. The number of fused-ring (bicyclic) bond motifs is 1. The Bertz CT molecular complexity index is 630. The Labute approximate surface area is 99.3 Å². The van der Waals surface area contributed by atoms with E-state index in [1.54, 1.807) is 0 Å². The number of phenols is 4. The van der Waals surface area contributed by atoms with Crippen LogP contribution >= 0.6 is 0 Å². The summed E-state index contributed by atoms with van der Waals surface area (Å²) in [5.74, 6) is -7.90. The lowest BCUT2D eigenvalue weighted by Crippen LogP contribution is -2.34. The van der Waals surface area contributed by atoms with E-state index in [4.69, 9.17) is 5.26 Å². The summed E-state index contributed by atoms with van der Waals surface area (Å²) in [6.07, 6.45) is 0. The van der Waals surface area contributed by atoms with E-state index in [1.807, 2.05) is 5.32 Å². The van der Waals surface area contributed by atoms with Crippen molar-refractivity contribution in [2.24, 2.45) is 5.92 Å². The Hall–Kier alpha value is -2.95. The predicted octanol–water partition coefficient (Wildman–Crippen LogP) is -0.216. The minimum atomic E-state index is -1.69. The van der Waals surface area contributed by atoms with Crippen molar-refractivity contribution < 1.29 is 30.0 Å². The summed E-state index contributed by atoms with van der Waals surface area (Å²) in [5.41, 5.74) is -1.15. The van der Waals surface area contributed by atoms with E-state index in [0.29, 0.717) is 0 Å². The molecule has 1 amide bonds. The van der Waals surface area contributed by atoms with Crippen molar-refractivity contribution in [3.05, 3.63) is 5.56 Å². The lowest BCUT2D eigenvalue weighted by atomic mass is 9.91. The van der Waals surface area contributed by atoms with E-state index in [9.17, 15) is 30.0 Å². The number of anilines is 1. The molecule has 1 aliphatic heterocycles. The van der Waals surface area contributed by atoms with Crippen molar-refractivity contribution in [2.45, 2.75) is 0 Å². The Kier molecular flexibility index (Phi) is 2.26. The second kappa shape index (κ2) is 3.53. The first-order valence-corrected chi connectivity index (χ1v) is 4.64. The van der Waals surface area contributed by atoms with Gasteiger partial charge in [0.2, 0.25) is 17.4 Å². The molecule has 1 aliphatic rings. The van der Waals surface area contributed by atoms with Crippen LogP contribution in [0.3, 0.4) is 0 Å². The van der Waals surface area contributed by atoms with E-state index in [2.05, 4.69) is 0 Å². The van der Waals surface area contributed by atoms with Gasteiger partial charge in [0.25, 0.3) is 0 Å². The molecule has 2 rings (SSSR count). The highest BCUT2D eigenvalue weighted by molar-refractivity contribution is 6.24. The lowest BCUT2D eigenvalue weighted by Gasteiger charge is -2.22. The topological polar surface area (TPSA) is 151 Å². The van der Waals surface area contributed by atoms with Crippen molar-refractivity contribution in [2.75, 3.05) is 5.32 Å². The summed E-state index contributed by atoms with van der Waals surface area (Å²) in [4.78, 5) is 23.1. The monoisotopic (exact) mass is 250 g/mol. The Morgan fingerprint density at radius 3 is 2.11 bits per heavy atom. The Balaban J connectivity index is 2.81. The number of phenolic OH excluding ortho intramolecular Hbond substituents is 4. The Morgan fingerprint density at radius 1 is 1.00 bits per heavy atom. The molecule has 1 aromatic rings. The zero-order chi connectivity index (χ0) is 13.6. The number of amides is 1. The van der Waals surface area contributed by atoms with Crippen molar-refractivity contribution in [1.29, 1.82) is 5.26 Å². The third-order valence-corrected chi connectivity index (χ3v) is 2.54. The molecule has 1 atom stereocenters. The molecule has 1 aromatic carbocycles. The van der Waals surface area contributed by atoms with E-state index >= 15 is 0 Å². The maximum atomic E-state index is 11.7. The van der Waals surface area contributed by atoms with Crippen molar-refractivity contribution in [3.8, 4) is 29.1 Å². The average molecular weight is 250 g/mol. The van der Waals surface area contributed by atoms with Crippen LogP contribution in [0.15, 0.2) is 0 Å². The number of ketones is 1. The van der Waals surface area contributed by atoms with Crippen molar-refractivity contribution in [1.82, 2.24) is 0 Å².